The maximum absolute atomic E-state index is 13.1. The number of alkyl halides is 9. The number of carboxylic acid groups (broad SMARTS) is 1. The highest BCUT2D eigenvalue weighted by molar-refractivity contribution is 5.87. The van der Waals surface area contributed by atoms with Crippen molar-refractivity contribution in [1.82, 2.24) is 0 Å². The number of ether oxygens (including phenoxy) is 2. The SMILES string of the molecule is C=C(C)C(=O)O.C=C(C)C(=O)OC(C)C(F)(F)F.C=C(C)C(=O)OC1CC(C(C)(O)C(F)(F)F)CC(C(C)(O)C(F)(F)F)C1. The van der Waals surface area contributed by atoms with E-state index in [1.807, 2.05) is 0 Å². The van der Waals surface area contributed by atoms with Gasteiger partial charge in [0.2, 0.25) is 0 Å². The molecule has 0 saturated heterocycles. The Labute approximate surface area is 248 Å². The van der Waals surface area contributed by atoms with Crippen LogP contribution in [-0.2, 0) is 23.9 Å². The number of rotatable bonds is 7. The largest absolute Gasteiger partial charge is 0.478 e. The van der Waals surface area contributed by atoms with E-state index in [0.29, 0.717) is 13.8 Å². The zero-order valence-corrected chi connectivity index (χ0v) is 24.8. The number of carbonyl (C=O) groups is 3. The molecule has 0 aliphatic heterocycles. The zero-order chi connectivity index (χ0) is 35.8. The minimum atomic E-state index is -5.10. The highest BCUT2D eigenvalue weighted by Crippen LogP contribution is 2.50. The Morgan fingerprint density at radius 2 is 1.02 bits per heavy atom. The van der Waals surface area contributed by atoms with Crippen LogP contribution >= 0.6 is 0 Å². The van der Waals surface area contributed by atoms with E-state index in [2.05, 4.69) is 24.5 Å². The average molecular weight is 661 g/mol. The van der Waals surface area contributed by atoms with E-state index < -0.39 is 90.9 Å². The first kappa shape index (κ1) is 43.0. The van der Waals surface area contributed by atoms with Crippen LogP contribution in [0.2, 0.25) is 0 Å². The fourth-order valence-corrected chi connectivity index (χ4v) is 3.32. The number of aliphatic carboxylic acids is 1. The molecule has 0 amide bonds. The predicted octanol–water partition coefficient (Wildman–Crippen LogP) is 6.22. The Morgan fingerprint density at radius 1 is 0.705 bits per heavy atom. The van der Waals surface area contributed by atoms with E-state index in [-0.39, 0.29) is 16.7 Å². The first-order chi connectivity index (χ1) is 19.3. The molecule has 1 rings (SSSR count). The lowest BCUT2D eigenvalue weighted by molar-refractivity contribution is -0.299. The topological polar surface area (TPSA) is 130 Å². The third-order valence-corrected chi connectivity index (χ3v) is 6.48. The lowest BCUT2D eigenvalue weighted by Gasteiger charge is -2.46. The minimum absolute atomic E-state index is 0.0499. The van der Waals surface area contributed by atoms with Gasteiger partial charge in [-0.25, -0.2) is 14.4 Å². The number of esters is 2. The Bertz CT molecular complexity index is 1010. The van der Waals surface area contributed by atoms with Gasteiger partial charge in [-0.1, -0.05) is 19.7 Å². The number of carboxylic acids is 1. The molecule has 44 heavy (non-hydrogen) atoms. The molecule has 256 valence electrons. The summed E-state index contributed by atoms with van der Waals surface area (Å²) in [6.07, 6.45) is -19.8. The molecule has 0 spiro atoms. The number of carbonyl (C=O) groups excluding carboxylic acids is 2. The van der Waals surface area contributed by atoms with Gasteiger partial charge < -0.3 is 24.8 Å². The van der Waals surface area contributed by atoms with Gasteiger partial charge in [0.25, 0.3) is 0 Å². The summed E-state index contributed by atoms with van der Waals surface area (Å²) in [7, 11) is 0. The van der Waals surface area contributed by atoms with E-state index >= 15 is 0 Å². The van der Waals surface area contributed by atoms with Crippen LogP contribution in [0.25, 0.3) is 0 Å². The first-order valence-corrected chi connectivity index (χ1v) is 12.6. The summed E-state index contributed by atoms with van der Waals surface area (Å²) in [4.78, 5) is 31.8. The molecule has 8 nitrogen and oxygen atoms in total. The third kappa shape index (κ3) is 13.3. The Morgan fingerprint density at radius 3 is 1.25 bits per heavy atom. The van der Waals surface area contributed by atoms with Gasteiger partial charge >= 0.3 is 36.4 Å². The summed E-state index contributed by atoms with van der Waals surface area (Å²) in [5, 5.41) is 27.6. The van der Waals surface area contributed by atoms with E-state index in [0.717, 1.165) is 6.92 Å². The van der Waals surface area contributed by atoms with Crippen molar-refractivity contribution >= 4 is 17.9 Å². The van der Waals surface area contributed by atoms with Crippen molar-refractivity contribution in [2.45, 2.75) is 103 Å². The Hall–Kier alpha value is -3.08. The molecule has 0 aromatic carbocycles. The molecule has 0 aromatic rings. The first-order valence-electron chi connectivity index (χ1n) is 12.6. The third-order valence-electron chi connectivity index (χ3n) is 6.48. The van der Waals surface area contributed by atoms with Gasteiger partial charge in [0.05, 0.1) is 0 Å². The van der Waals surface area contributed by atoms with E-state index in [9.17, 15) is 64.1 Å². The molecule has 0 aromatic heterocycles. The lowest BCUT2D eigenvalue weighted by Crippen LogP contribution is -2.57. The summed E-state index contributed by atoms with van der Waals surface area (Å²) in [6.45, 7) is 15.3. The van der Waals surface area contributed by atoms with Crippen molar-refractivity contribution in [3.05, 3.63) is 36.5 Å². The molecular formula is C27H37F9O8. The van der Waals surface area contributed by atoms with Gasteiger partial charge in [-0.3, -0.25) is 0 Å². The average Bonchev–Trinajstić information content (AvgIpc) is 2.82. The fraction of sp³-hybridized carbons (Fsp3) is 0.667. The standard InChI is InChI=1S/C16H22F6O4.C7H9F3O2.C4H6O2/c1-8(2)12(23)26-11-6-9(13(3,24)15(17,18)19)5-10(7-11)14(4,25)16(20,21)22;1-4(2)6(11)12-5(3)7(8,9)10;1-3(2)4(5)6/h9-11,24-25H,1,5-7H2,2-4H3;5H,1H2,2-3H3;1H2,2H3,(H,5,6). The van der Waals surface area contributed by atoms with Crippen LogP contribution in [0, 0.1) is 11.8 Å². The second kappa shape index (κ2) is 15.8. The van der Waals surface area contributed by atoms with E-state index in [1.165, 1.54) is 20.8 Å². The van der Waals surface area contributed by atoms with Crippen LogP contribution in [0.4, 0.5) is 39.5 Å². The highest BCUT2D eigenvalue weighted by Gasteiger charge is 2.61. The Balaban J connectivity index is 0. The molecule has 1 fully saturated rings. The molecular weight excluding hydrogens is 623 g/mol. The van der Waals surface area contributed by atoms with Crippen molar-refractivity contribution in [1.29, 1.82) is 0 Å². The summed E-state index contributed by atoms with van der Waals surface area (Å²) >= 11 is 0. The number of aliphatic hydroxyl groups is 2. The minimum Gasteiger partial charge on any atom is -0.478 e. The maximum atomic E-state index is 13.1. The van der Waals surface area contributed by atoms with Gasteiger partial charge in [0.1, 0.15) is 6.10 Å². The Kier molecular flexibility index (Phi) is 15.4. The molecule has 17 heteroatoms. The summed E-state index contributed by atoms with van der Waals surface area (Å²) in [6, 6.07) is 0. The van der Waals surface area contributed by atoms with Crippen molar-refractivity contribution in [3.63, 3.8) is 0 Å². The molecule has 0 heterocycles. The fourth-order valence-electron chi connectivity index (χ4n) is 3.32. The normalized spacial score (nSPS) is 22.2. The second-order valence-corrected chi connectivity index (χ2v) is 10.7. The number of hydrogen-bond donors (Lipinski definition) is 3. The van der Waals surface area contributed by atoms with Crippen LogP contribution in [0.1, 0.15) is 60.8 Å². The van der Waals surface area contributed by atoms with Crippen molar-refractivity contribution < 1.29 is 78.7 Å². The lowest BCUT2D eigenvalue weighted by atomic mass is 9.67. The second-order valence-electron chi connectivity index (χ2n) is 10.7. The van der Waals surface area contributed by atoms with Crippen LogP contribution in [0.5, 0.6) is 0 Å². The molecule has 0 bridgehead atoms. The molecule has 1 aliphatic carbocycles. The maximum Gasteiger partial charge on any atom is 0.425 e. The van der Waals surface area contributed by atoms with E-state index in [1.54, 1.807) is 0 Å². The van der Waals surface area contributed by atoms with Gasteiger partial charge in [-0.15, -0.1) is 0 Å². The molecule has 5 unspecified atom stereocenters. The van der Waals surface area contributed by atoms with Gasteiger partial charge in [0, 0.05) is 28.6 Å². The molecule has 5 atom stereocenters. The van der Waals surface area contributed by atoms with Crippen molar-refractivity contribution in [3.8, 4) is 0 Å². The number of hydrogen-bond acceptors (Lipinski definition) is 7. The smallest absolute Gasteiger partial charge is 0.425 e. The highest BCUT2D eigenvalue weighted by atomic mass is 19.4. The molecule has 1 saturated carbocycles. The predicted molar refractivity (Wildman–Crippen MR) is 138 cm³/mol. The summed E-state index contributed by atoms with van der Waals surface area (Å²) < 4.78 is 123. The van der Waals surface area contributed by atoms with Gasteiger partial charge in [0.15, 0.2) is 17.3 Å². The zero-order valence-electron chi connectivity index (χ0n) is 24.8. The van der Waals surface area contributed by atoms with Crippen LogP contribution < -0.4 is 0 Å². The van der Waals surface area contributed by atoms with Crippen molar-refractivity contribution in [2.75, 3.05) is 0 Å². The van der Waals surface area contributed by atoms with Gasteiger partial charge in [-0.05, 0) is 60.8 Å². The quantitative estimate of drug-likeness (QED) is 0.167. The monoisotopic (exact) mass is 660 g/mol. The molecule has 0 radical (unpaired) electrons. The van der Waals surface area contributed by atoms with Crippen LogP contribution in [0.15, 0.2) is 36.5 Å². The van der Waals surface area contributed by atoms with Crippen molar-refractivity contribution in [2.24, 2.45) is 11.8 Å². The molecule has 3 N–H and O–H groups in total. The van der Waals surface area contributed by atoms with Crippen LogP contribution in [0.3, 0.4) is 0 Å². The molecule has 1 aliphatic rings. The van der Waals surface area contributed by atoms with Gasteiger partial charge in [-0.2, -0.15) is 39.5 Å². The van der Waals surface area contributed by atoms with Crippen LogP contribution in [-0.4, -0.2) is 75.2 Å². The number of halogens is 9. The van der Waals surface area contributed by atoms with E-state index in [4.69, 9.17) is 9.84 Å². The summed E-state index contributed by atoms with van der Waals surface area (Å²) in [5.41, 5.74) is -6.56. The summed E-state index contributed by atoms with van der Waals surface area (Å²) in [5.74, 6) is -6.32.